The molecule has 0 fully saturated rings. The Hall–Kier alpha value is -4.26. The van der Waals surface area contributed by atoms with E-state index in [4.69, 9.17) is 4.74 Å². The number of aromatic amines is 2. The van der Waals surface area contributed by atoms with Gasteiger partial charge in [-0.2, -0.15) is 0 Å². The summed E-state index contributed by atoms with van der Waals surface area (Å²) in [7, 11) is 0. The zero-order chi connectivity index (χ0) is 20.8. The van der Waals surface area contributed by atoms with Crippen molar-refractivity contribution in [2.75, 3.05) is 0 Å². The molecule has 0 bridgehead atoms. The van der Waals surface area contributed by atoms with Crippen LogP contribution in [-0.4, -0.2) is 19.9 Å². The van der Waals surface area contributed by atoms with Gasteiger partial charge in [-0.1, -0.05) is 36.4 Å². The molecule has 0 aliphatic carbocycles. The minimum absolute atomic E-state index is 0.127. The Bertz CT molecular complexity index is 1360. The van der Waals surface area contributed by atoms with Crippen LogP contribution in [0.4, 0.5) is 0 Å². The van der Waals surface area contributed by atoms with Gasteiger partial charge in [0, 0.05) is 18.0 Å². The van der Waals surface area contributed by atoms with Crippen LogP contribution < -0.4 is 26.6 Å². The van der Waals surface area contributed by atoms with Crippen LogP contribution in [0.3, 0.4) is 0 Å². The van der Waals surface area contributed by atoms with Gasteiger partial charge in [0.2, 0.25) is 0 Å². The third-order valence-corrected chi connectivity index (χ3v) is 4.28. The van der Waals surface area contributed by atoms with Crippen molar-refractivity contribution in [3.05, 3.63) is 121 Å². The van der Waals surface area contributed by atoms with Crippen molar-refractivity contribution < 1.29 is 4.74 Å². The Morgan fingerprint density at radius 2 is 1.60 bits per heavy atom. The lowest BCUT2D eigenvalue weighted by molar-refractivity contribution is 0.304. The van der Waals surface area contributed by atoms with Crippen molar-refractivity contribution in [3.8, 4) is 5.75 Å². The van der Waals surface area contributed by atoms with E-state index in [1.54, 1.807) is 36.8 Å². The Labute approximate surface area is 171 Å². The van der Waals surface area contributed by atoms with E-state index in [1.165, 1.54) is 6.08 Å². The molecule has 0 amide bonds. The van der Waals surface area contributed by atoms with Crippen molar-refractivity contribution in [1.29, 1.82) is 0 Å². The Kier molecular flexibility index (Phi) is 5.61. The average molecular weight is 398 g/mol. The second kappa shape index (κ2) is 8.83. The molecule has 7 nitrogen and oxygen atoms in total. The standard InChI is InChI=1S/C23H18N4O3/c28-22-20(11-16-5-2-1-3-6-16)26-23(29)21(27-22)12-18-8-9-19(14-25-18)30-15-17-7-4-10-24-13-17/h1-14H,15H2,(H,26,29)(H,27,28)/b20-11+,21-12-. The van der Waals surface area contributed by atoms with Crippen molar-refractivity contribution in [3.63, 3.8) is 0 Å². The number of hydrogen-bond acceptors (Lipinski definition) is 5. The smallest absolute Gasteiger partial charge is 0.272 e. The van der Waals surface area contributed by atoms with Crippen LogP contribution in [0.5, 0.6) is 5.75 Å². The predicted octanol–water partition coefficient (Wildman–Crippen LogP) is 1.09. The van der Waals surface area contributed by atoms with E-state index in [2.05, 4.69) is 19.9 Å². The van der Waals surface area contributed by atoms with Crippen LogP contribution in [0.2, 0.25) is 0 Å². The van der Waals surface area contributed by atoms with E-state index < -0.39 is 5.56 Å². The molecule has 0 spiro atoms. The monoisotopic (exact) mass is 398 g/mol. The van der Waals surface area contributed by atoms with E-state index in [0.717, 1.165) is 11.1 Å². The van der Waals surface area contributed by atoms with Gasteiger partial charge in [-0.25, -0.2) is 0 Å². The number of benzene rings is 1. The fourth-order valence-electron chi connectivity index (χ4n) is 2.77. The lowest BCUT2D eigenvalue weighted by Gasteiger charge is -2.05. The summed E-state index contributed by atoms with van der Waals surface area (Å²) in [6.07, 6.45) is 8.13. The second-order valence-corrected chi connectivity index (χ2v) is 6.50. The molecule has 0 saturated carbocycles. The Morgan fingerprint density at radius 1 is 0.833 bits per heavy atom. The third kappa shape index (κ3) is 4.77. The summed E-state index contributed by atoms with van der Waals surface area (Å²) in [5.74, 6) is 0.589. The number of H-pyrrole nitrogens is 2. The van der Waals surface area contributed by atoms with Gasteiger partial charge >= 0.3 is 0 Å². The van der Waals surface area contributed by atoms with Gasteiger partial charge in [-0.15, -0.1) is 0 Å². The number of ether oxygens (including phenoxy) is 1. The summed E-state index contributed by atoms with van der Waals surface area (Å²) >= 11 is 0. The van der Waals surface area contributed by atoms with Crippen LogP contribution in [0.25, 0.3) is 12.2 Å². The molecule has 0 radical (unpaired) electrons. The van der Waals surface area contributed by atoms with Crippen molar-refractivity contribution in [2.24, 2.45) is 0 Å². The Morgan fingerprint density at radius 3 is 2.27 bits per heavy atom. The van der Waals surface area contributed by atoms with E-state index in [-0.39, 0.29) is 16.3 Å². The van der Waals surface area contributed by atoms with Gasteiger partial charge < -0.3 is 14.7 Å². The molecule has 30 heavy (non-hydrogen) atoms. The molecular formula is C23H18N4O3. The van der Waals surface area contributed by atoms with E-state index in [1.807, 2.05) is 42.5 Å². The van der Waals surface area contributed by atoms with E-state index >= 15 is 0 Å². The van der Waals surface area contributed by atoms with Gasteiger partial charge in [-0.05, 0) is 35.9 Å². The molecule has 4 aromatic rings. The molecule has 1 aromatic carbocycles. The van der Waals surface area contributed by atoms with Gasteiger partial charge in [0.05, 0.1) is 11.9 Å². The number of hydrogen-bond donors (Lipinski definition) is 2. The van der Waals surface area contributed by atoms with Gasteiger partial charge in [0.15, 0.2) is 0 Å². The third-order valence-electron chi connectivity index (χ3n) is 4.28. The van der Waals surface area contributed by atoms with Crippen molar-refractivity contribution in [2.45, 2.75) is 6.61 Å². The molecule has 148 valence electrons. The number of rotatable bonds is 5. The van der Waals surface area contributed by atoms with Gasteiger partial charge in [0.25, 0.3) is 11.1 Å². The first kappa shape index (κ1) is 19.1. The van der Waals surface area contributed by atoms with Crippen LogP contribution in [0.15, 0.2) is 82.8 Å². The molecule has 0 aliphatic heterocycles. The lowest BCUT2D eigenvalue weighted by Crippen LogP contribution is -2.46. The summed E-state index contributed by atoms with van der Waals surface area (Å²) in [5, 5.41) is 0.317. The van der Waals surface area contributed by atoms with Crippen LogP contribution >= 0.6 is 0 Å². The minimum Gasteiger partial charge on any atom is -0.487 e. The van der Waals surface area contributed by atoms with Crippen molar-refractivity contribution in [1.82, 2.24) is 19.9 Å². The number of pyridine rings is 2. The van der Waals surface area contributed by atoms with E-state index in [0.29, 0.717) is 18.1 Å². The first-order chi connectivity index (χ1) is 14.7. The fourth-order valence-corrected chi connectivity index (χ4v) is 2.77. The summed E-state index contributed by atoms with van der Waals surface area (Å²) in [6.45, 7) is 0.380. The first-order valence-electron chi connectivity index (χ1n) is 9.26. The molecule has 0 atom stereocenters. The summed E-state index contributed by atoms with van der Waals surface area (Å²) in [4.78, 5) is 38.3. The Balaban J connectivity index is 1.56. The molecule has 4 rings (SSSR count). The van der Waals surface area contributed by atoms with Gasteiger partial charge in [0.1, 0.15) is 23.1 Å². The molecule has 2 N–H and O–H groups in total. The number of nitrogens with zero attached hydrogens (tertiary/aromatic N) is 2. The maximum Gasteiger partial charge on any atom is 0.272 e. The van der Waals surface area contributed by atoms with Gasteiger partial charge in [-0.3, -0.25) is 19.6 Å². The highest BCUT2D eigenvalue weighted by atomic mass is 16.5. The molecule has 3 heterocycles. The average Bonchev–Trinajstić information content (AvgIpc) is 2.78. The minimum atomic E-state index is -0.407. The topological polar surface area (TPSA) is 101 Å². The summed E-state index contributed by atoms with van der Waals surface area (Å²) < 4.78 is 5.67. The maximum absolute atomic E-state index is 12.4. The lowest BCUT2D eigenvalue weighted by atomic mass is 10.2. The molecule has 3 aromatic heterocycles. The van der Waals surface area contributed by atoms with Crippen LogP contribution in [-0.2, 0) is 6.61 Å². The predicted molar refractivity (Wildman–Crippen MR) is 113 cm³/mol. The fraction of sp³-hybridized carbons (Fsp3) is 0.0435. The SMILES string of the molecule is O=c1[nH]/c(=C/c2ccccc2)c(=O)[nH]/c1=C\c1ccc(OCc2cccnc2)cn1. The van der Waals surface area contributed by atoms with Crippen molar-refractivity contribution >= 4 is 12.2 Å². The second-order valence-electron chi connectivity index (χ2n) is 6.50. The highest BCUT2D eigenvalue weighted by Crippen LogP contribution is 2.11. The summed E-state index contributed by atoms with van der Waals surface area (Å²) in [6, 6.07) is 16.5. The number of nitrogens with one attached hydrogen (secondary N) is 2. The quantitative estimate of drug-likeness (QED) is 0.524. The first-order valence-corrected chi connectivity index (χ1v) is 9.26. The van der Waals surface area contributed by atoms with Crippen LogP contribution in [0, 0.1) is 0 Å². The largest absolute Gasteiger partial charge is 0.487 e. The van der Waals surface area contributed by atoms with Crippen LogP contribution in [0.1, 0.15) is 16.8 Å². The molecule has 0 aliphatic rings. The maximum atomic E-state index is 12.4. The highest BCUT2D eigenvalue weighted by Gasteiger charge is 2.00. The normalized spacial score (nSPS) is 12.1. The summed E-state index contributed by atoms with van der Waals surface area (Å²) in [5.41, 5.74) is 1.49. The zero-order valence-electron chi connectivity index (χ0n) is 15.9. The van der Waals surface area contributed by atoms with E-state index in [9.17, 15) is 9.59 Å². The molecular weight excluding hydrogens is 380 g/mol. The number of aromatic nitrogens is 4. The molecule has 7 heteroatoms. The molecule has 0 saturated heterocycles. The zero-order valence-corrected chi connectivity index (χ0v) is 15.9. The molecule has 0 unspecified atom stereocenters. The highest BCUT2D eigenvalue weighted by molar-refractivity contribution is 5.48.